The number of halogens is 1. The van der Waals surface area contributed by atoms with Crippen LogP contribution in [0.15, 0.2) is 12.3 Å². The number of alkyl halides is 1. The summed E-state index contributed by atoms with van der Waals surface area (Å²) in [6.07, 6.45) is 1.27. The standard InChI is InChI=1S/C5H6FN3O2/c6-2-4-8-5(9(10)11)1-3-7-8/h1,3H,2,4H2. The molecule has 0 radical (unpaired) electrons. The van der Waals surface area contributed by atoms with Gasteiger partial charge in [0.2, 0.25) is 0 Å². The van der Waals surface area contributed by atoms with Gasteiger partial charge in [0.1, 0.15) is 13.2 Å². The summed E-state index contributed by atoms with van der Waals surface area (Å²) in [6, 6.07) is 1.23. The van der Waals surface area contributed by atoms with Gasteiger partial charge in [-0.3, -0.25) is 0 Å². The summed E-state index contributed by atoms with van der Waals surface area (Å²) >= 11 is 0. The van der Waals surface area contributed by atoms with Crippen molar-refractivity contribution in [1.29, 1.82) is 0 Å². The number of rotatable bonds is 3. The van der Waals surface area contributed by atoms with Crippen molar-refractivity contribution in [1.82, 2.24) is 9.78 Å². The van der Waals surface area contributed by atoms with E-state index in [2.05, 4.69) is 5.10 Å². The second-order valence-electron chi connectivity index (χ2n) is 1.86. The molecule has 0 aliphatic rings. The van der Waals surface area contributed by atoms with Gasteiger partial charge in [0, 0.05) is 0 Å². The predicted molar refractivity (Wildman–Crippen MR) is 34.9 cm³/mol. The van der Waals surface area contributed by atoms with Crippen molar-refractivity contribution in [2.45, 2.75) is 6.54 Å². The summed E-state index contributed by atoms with van der Waals surface area (Å²) in [5, 5.41) is 13.7. The molecule has 0 fully saturated rings. The third kappa shape index (κ3) is 1.51. The van der Waals surface area contributed by atoms with Crippen LogP contribution in [0.5, 0.6) is 0 Å². The van der Waals surface area contributed by atoms with Gasteiger partial charge < -0.3 is 10.1 Å². The maximum absolute atomic E-state index is 11.7. The molecule has 6 heteroatoms. The highest BCUT2D eigenvalue weighted by Crippen LogP contribution is 2.08. The van der Waals surface area contributed by atoms with Crippen LogP contribution >= 0.6 is 0 Å². The minimum Gasteiger partial charge on any atom is -0.358 e. The van der Waals surface area contributed by atoms with Crippen molar-refractivity contribution in [3.05, 3.63) is 22.4 Å². The van der Waals surface area contributed by atoms with Crippen LogP contribution in [0, 0.1) is 10.1 Å². The van der Waals surface area contributed by atoms with E-state index in [9.17, 15) is 14.5 Å². The average molecular weight is 159 g/mol. The summed E-state index contributed by atoms with van der Waals surface area (Å²) in [5.74, 6) is -0.178. The van der Waals surface area contributed by atoms with Gasteiger partial charge in [0.05, 0.1) is 12.3 Å². The largest absolute Gasteiger partial charge is 0.358 e. The normalized spacial score (nSPS) is 9.91. The van der Waals surface area contributed by atoms with Gasteiger partial charge in [0.25, 0.3) is 0 Å². The molecule has 1 heterocycles. The molecule has 11 heavy (non-hydrogen) atoms. The topological polar surface area (TPSA) is 61.0 Å². The molecule has 60 valence electrons. The van der Waals surface area contributed by atoms with Crippen LogP contribution in [0.4, 0.5) is 10.2 Å². The van der Waals surface area contributed by atoms with Gasteiger partial charge in [0.15, 0.2) is 0 Å². The highest BCUT2D eigenvalue weighted by atomic mass is 19.1. The summed E-state index contributed by atoms with van der Waals surface area (Å²) in [6.45, 7) is -0.716. The highest BCUT2D eigenvalue weighted by Gasteiger charge is 2.11. The molecule has 1 rings (SSSR count). The molecule has 0 spiro atoms. The molecule has 5 nitrogen and oxygen atoms in total. The van der Waals surface area contributed by atoms with Crippen molar-refractivity contribution in [2.75, 3.05) is 6.67 Å². The Kier molecular flexibility index (Phi) is 2.15. The van der Waals surface area contributed by atoms with Gasteiger partial charge >= 0.3 is 5.82 Å². The second kappa shape index (κ2) is 3.09. The molecule has 1 aromatic rings. The highest BCUT2D eigenvalue weighted by molar-refractivity contribution is 5.15. The lowest BCUT2D eigenvalue weighted by Crippen LogP contribution is -2.05. The van der Waals surface area contributed by atoms with Crippen LogP contribution in [0.3, 0.4) is 0 Å². The first kappa shape index (κ1) is 7.64. The SMILES string of the molecule is O=[N+]([O-])c1ccnn1CCF. The summed E-state index contributed by atoms with van der Waals surface area (Å²) in [7, 11) is 0. The zero-order valence-corrected chi connectivity index (χ0v) is 5.61. The van der Waals surface area contributed by atoms with E-state index in [-0.39, 0.29) is 12.4 Å². The van der Waals surface area contributed by atoms with Gasteiger partial charge in [-0.25, -0.2) is 4.39 Å². The molecule has 0 aromatic carbocycles. The Bertz CT molecular complexity index is 260. The fraction of sp³-hybridized carbons (Fsp3) is 0.400. The first-order chi connectivity index (χ1) is 5.25. The van der Waals surface area contributed by atoms with Crippen molar-refractivity contribution < 1.29 is 9.31 Å². The Morgan fingerprint density at radius 3 is 3.09 bits per heavy atom. The van der Waals surface area contributed by atoms with E-state index in [1.807, 2.05) is 0 Å². The van der Waals surface area contributed by atoms with Crippen molar-refractivity contribution in [2.24, 2.45) is 0 Å². The lowest BCUT2D eigenvalue weighted by Gasteiger charge is -1.94. The van der Waals surface area contributed by atoms with E-state index >= 15 is 0 Å². The first-order valence-electron chi connectivity index (χ1n) is 2.98. The molecule has 0 bridgehead atoms. The average Bonchev–Trinajstić information content (AvgIpc) is 2.36. The van der Waals surface area contributed by atoms with Crippen LogP contribution < -0.4 is 0 Å². The Labute approximate surface area is 61.6 Å². The van der Waals surface area contributed by atoms with E-state index in [0.29, 0.717) is 0 Å². The summed E-state index contributed by atoms with van der Waals surface area (Å²) in [5.41, 5.74) is 0. The molecule has 0 aliphatic carbocycles. The fourth-order valence-corrected chi connectivity index (χ4v) is 0.733. The van der Waals surface area contributed by atoms with Gasteiger partial charge in [-0.2, -0.15) is 0 Å². The molecular formula is C5H6FN3O2. The maximum atomic E-state index is 11.7. The number of aromatic nitrogens is 2. The minimum absolute atomic E-state index is 0.0662. The van der Waals surface area contributed by atoms with Crippen LogP contribution in [0.2, 0.25) is 0 Å². The van der Waals surface area contributed by atoms with Crippen molar-refractivity contribution in [3.8, 4) is 0 Å². The van der Waals surface area contributed by atoms with Gasteiger partial charge in [-0.05, 0) is 4.92 Å². The van der Waals surface area contributed by atoms with E-state index in [0.717, 1.165) is 4.68 Å². The minimum atomic E-state index is -0.650. The number of hydrogen-bond acceptors (Lipinski definition) is 3. The van der Waals surface area contributed by atoms with Gasteiger partial charge in [-0.15, -0.1) is 4.68 Å². The zero-order valence-electron chi connectivity index (χ0n) is 5.61. The smallest absolute Gasteiger partial charge is 0.344 e. The number of nitrogens with zero attached hydrogens (tertiary/aromatic N) is 3. The number of nitro groups is 1. The first-order valence-corrected chi connectivity index (χ1v) is 2.98. The van der Waals surface area contributed by atoms with Crippen LogP contribution in [-0.2, 0) is 6.54 Å². The van der Waals surface area contributed by atoms with Crippen LogP contribution in [0.1, 0.15) is 0 Å². The third-order valence-corrected chi connectivity index (χ3v) is 1.18. The molecule has 0 N–H and O–H groups in total. The number of hydrogen-bond donors (Lipinski definition) is 0. The van der Waals surface area contributed by atoms with Gasteiger partial charge in [-0.1, -0.05) is 5.10 Å². The third-order valence-electron chi connectivity index (χ3n) is 1.18. The molecule has 0 aliphatic heterocycles. The van der Waals surface area contributed by atoms with Crippen LogP contribution in [-0.4, -0.2) is 21.4 Å². The fourth-order valence-electron chi connectivity index (χ4n) is 0.733. The van der Waals surface area contributed by atoms with Crippen LogP contribution in [0.25, 0.3) is 0 Å². The summed E-state index contributed by atoms with van der Waals surface area (Å²) in [4.78, 5) is 9.59. The molecule has 0 amide bonds. The van der Waals surface area contributed by atoms with Crippen molar-refractivity contribution in [3.63, 3.8) is 0 Å². The monoisotopic (exact) mass is 159 g/mol. The molecule has 0 atom stereocenters. The van der Waals surface area contributed by atoms with E-state index in [1.54, 1.807) is 0 Å². The Morgan fingerprint density at radius 2 is 2.55 bits per heavy atom. The summed E-state index contributed by atoms with van der Waals surface area (Å²) < 4.78 is 12.7. The van der Waals surface area contributed by atoms with E-state index in [4.69, 9.17) is 0 Å². The quantitative estimate of drug-likeness (QED) is 0.483. The second-order valence-corrected chi connectivity index (χ2v) is 1.86. The molecule has 1 aromatic heterocycles. The molecule has 0 saturated heterocycles. The van der Waals surface area contributed by atoms with Crippen molar-refractivity contribution >= 4 is 5.82 Å². The maximum Gasteiger partial charge on any atom is 0.344 e. The number of aryl methyl sites for hydroxylation is 1. The molecular weight excluding hydrogens is 153 g/mol. The molecule has 0 unspecified atom stereocenters. The lowest BCUT2D eigenvalue weighted by atomic mass is 10.6. The van der Waals surface area contributed by atoms with E-state index in [1.165, 1.54) is 12.3 Å². The Balaban J connectivity index is 2.87. The lowest BCUT2D eigenvalue weighted by molar-refractivity contribution is -0.392. The molecule has 0 saturated carbocycles. The van der Waals surface area contributed by atoms with E-state index < -0.39 is 11.6 Å². The Hall–Kier alpha value is -1.46. The Morgan fingerprint density at radius 1 is 1.82 bits per heavy atom. The zero-order chi connectivity index (χ0) is 8.27. The predicted octanol–water partition coefficient (Wildman–Crippen LogP) is 0.761.